The van der Waals surface area contributed by atoms with E-state index >= 15 is 0 Å². The van der Waals surface area contributed by atoms with Gasteiger partial charge in [-0.3, -0.25) is 0 Å². The molecule has 0 amide bonds. The van der Waals surface area contributed by atoms with Gasteiger partial charge in [0, 0.05) is 0 Å². The summed E-state index contributed by atoms with van der Waals surface area (Å²) in [5.41, 5.74) is 1.50. The summed E-state index contributed by atoms with van der Waals surface area (Å²) in [6, 6.07) is 7.43. The Hall–Kier alpha value is -1.57. The monoisotopic (exact) mass is 214 g/mol. The summed E-state index contributed by atoms with van der Waals surface area (Å²) in [6.45, 7) is 0. The summed E-state index contributed by atoms with van der Waals surface area (Å²) in [6.07, 6.45) is 6.87. The zero-order chi connectivity index (χ0) is 11.1. The van der Waals surface area contributed by atoms with Crippen molar-refractivity contribution in [2.24, 2.45) is 11.8 Å². The molecule has 0 saturated heterocycles. The predicted molar refractivity (Wildman–Crippen MR) is 61.5 cm³/mol. The smallest absolute Gasteiger partial charge is 0.335 e. The summed E-state index contributed by atoms with van der Waals surface area (Å²) in [5, 5.41) is 9.18. The average Bonchev–Trinajstić information content (AvgIpc) is 2.90. The number of carbonyl (C=O) groups is 1. The number of hydrogen-bond donors (Lipinski definition) is 1. The molecule has 1 aromatic rings. The van der Waals surface area contributed by atoms with Gasteiger partial charge >= 0.3 is 5.97 Å². The van der Waals surface area contributed by atoms with Crippen molar-refractivity contribution in [1.29, 1.82) is 0 Å². The number of carboxylic acids is 1. The third-order valence-corrected chi connectivity index (χ3v) is 3.87. The van der Waals surface area contributed by atoms with E-state index in [1.165, 1.54) is 6.42 Å². The maximum absolute atomic E-state index is 11.2. The third-order valence-electron chi connectivity index (χ3n) is 3.87. The summed E-state index contributed by atoms with van der Waals surface area (Å²) in [4.78, 5) is 11.2. The summed E-state index contributed by atoms with van der Waals surface area (Å²) in [7, 11) is 0. The van der Waals surface area contributed by atoms with Crippen LogP contribution >= 0.6 is 0 Å². The van der Waals surface area contributed by atoms with Crippen LogP contribution < -0.4 is 0 Å². The van der Waals surface area contributed by atoms with E-state index in [0.29, 0.717) is 23.3 Å². The highest BCUT2D eigenvalue weighted by molar-refractivity contribution is 5.89. The minimum absolute atomic E-state index is 0.419. The van der Waals surface area contributed by atoms with Crippen LogP contribution in [-0.4, -0.2) is 11.1 Å². The van der Waals surface area contributed by atoms with E-state index in [1.54, 1.807) is 12.1 Å². The molecular weight excluding hydrogens is 200 g/mol. The van der Waals surface area contributed by atoms with Gasteiger partial charge in [-0.15, -0.1) is 0 Å². The number of fused-ring (bicyclic) bond motifs is 2. The van der Waals surface area contributed by atoms with Crippen LogP contribution in [0.25, 0.3) is 0 Å². The Labute approximate surface area is 94.6 Å². The molecule has 2 bridgehead atoms. The standard InChI is InChI=1S/C14H14O2/c15-14(16)12-4-2-1-3-11(12)13-8-9-5-6-10(13)7-9/h1-6,9-10,13H,7-8H2,(H,15,16). The van der Waals surface area contributed by atoms with Gasteiger partial charge in [0.1, 0.15) is 0 Å². The molecule has 1 fully saturated rings. The lowest BCUT2D eigenvalue weighted by atomic mass is 9.84. The molecule has 16 heavy (non-hydrogen) atoms. The fourth-order valence-electron chi connectivity index (χ4n) is 3.15. The Morgan fingerprint density at radius 3 is 2.62 bits per heavy atom. The molecule has 1 saturated carbocycles. The van der Waals surface area contributed by atoms with E-state index in [4.69, 9.17) is 0 Å². The van der Waals surface area contributed by atoms with Gasteiger partial charge in [0.15, 0.2) is 0 Å². The molecule has 0 aliphatic heterocycles. The maximum Gasteiger partial charge on any atom is 0.335 e. The van der Waals surface area contributed by atoms with Gasteiger partial charge in [-0.05, 0) is 42.2 Å². The Bertz CT molecular complexity index is 462. The molecule has 2 aliphatic rings. The second kappa shape index (κ2) is 3.48. The summed E-state index contributed by atoms with van der Waals surface area (Å²) >= 11 is 0. The zero-order valence-electron chi connectivity index (χ0n) is 8.97. The Balaban J connectivity index is 2.01. The third kappa shape index (κ3) is 1.37. The van der Waals surface area contributed by atoms with Crippen molar-refractivity contribution >= 4 is 5.97 Å². The van der Waals surface area contributed by atoms with Crippen LogP contribution in [0.4, 0.5) is 0 Å². The number of hydrogen-bond acceptors (Lipinski definition) is 1. The molecule has 0 heterocycles. The lowest BCUT2D eigenvalue weighted by Crippen LogP contribution is -2.10. The second-order valence-electron chi connectivity index (χ2n) is 4.78. The van der Waals surface area contributed by atoms with Crippen molar-refractivity contribution in [3.63, 3.8) is 0 Å². The van der Waals surface area contributed by atoms with Crippen LogP contribution in [0.3, 0.4) is 0 Å². The van der Waals surface area contributed by atoms with Gasteiger partial charge in [-0.2, -0.15) is 0 Å². The highest BCUT2D eigenvalue weighted by atomic mass is 16.4. The number of allylic oxidation sites excluding steroid dienone is 2. The summed E-state index contributed by atoms with van der Waals surface area (Å²) in [5.74, 6) is 0.854. The van der Waals surface area contributed by atoms with Gasteiger partial charge in [0.2, 0.25) is 0 Å². The van der Waals surface area contributed by atoms with Crippen LogP contribution in [0.2, 0.25) is 0 Å². The molecular formula is C14H14O2. The van der Waals surface area contributed by atoms with Crippen molar-refractivity contribution in [2.45, 2.75) is 18.8 Å². The van der Waals surface area contributed by atoms with E-state index in [2.05, 4.69) is 12.2 Å². The molecule has 1 N–H and O–H groups in total. The van der Waals surface area contributed by atoms with Crippen molar-refractivity contribution in [3.05, 3.63) is 47.5 Å². The Morgan fingerprint density at radius 2 is 2.00 bits per heavy atom. The molecule has 0 spiro atoms. The molecule has 1 aromatic carbocycles. The van der Waals surface area contributed by atoms with Crippen LogP contribution in [0.15, 0.2) is 36.4 Å². The number of carboxylic acid groups (broad SMARTS) is 1. The maximum atomic E-state index is 11.2. The Kier molecular flexibility index (Phi) is 2.10. The average molecular weight is 214 g/mol. The first-order valence-electron chi connectivity index (χ1n) is 5.76. The topological polar surface area (TPSA) is 37.3 Å². The largest absolute Gasteiger partial charge is 0.478 e. The van der Waals surface area contributed by atoms with E-state index < -0.39 is 5.97 Å². The minimum Gasteiger partial charge on any atom is -0.478 e. The molecule has 2 heteroatoms. The summed E-state index contributed by atoms with van der Waals surface area (Å²) < 4.78 is 0. The lowest BCUT2D eigenvalue weighted by molar-refractivity contribution is 0.0695. The van der Waals surface area contributed by atoms with Gasteiger partial charge in [0.05, 0.1) is 5.56 Å². The quantitative estimate of drug-likeness (QED) is 0.768. The van der Waals surface area contributed by atoms with Crippen molar-refractivity contribution in [3.8, 4) is 0 Å². The molecule has 2 nitrogen and oxygen atoms in total. The van der Waals surface area contributed by atoms with Gasteiger partial charge in [0.25, 0.3) is 0 Å². The lowest BCUT2D eigenvalue weighted by Gasteiger charge is -2.20. The minimum atomic E-state index is -0.803. The Morgan fingerprint density at radius 1 is 1.19 bits per heavy atom. The van der Waals surface area contributed by atoms with E-state index in [9.17, 15) is 9.90 Å². The SMILES string of the molecule is O=C(O)c1ccccc1C1CC2C=CC1C2. The van der Waals surface area contributed by atoms with Gasteiger partial charge in [-0.25, -0.2) is 4.79 Å². The molecule has 3 rings (SSSR count). The van der Waals surface area contributed by atoms with Crippen LogP contribution in [0, 0.1) is 11.8 Å². The van der Waals surface area contributed by atoms with Crippen LogP contribution in [0.1, 0.15) is 34.7 Å². The predicted octanol–water partition coefficient (Wildman–Crippen LogP) is 3.06. The zero-order valence-corrected chi connectivity index (χ0v) is 8.97. The van der Waals surface area contributed by atoms with Crippen molar-refractivity contribution < 1.29 is 9.90 Å². The number of aromatic carboxylic acids is 1. The highest BCUT2D eigenvalue weighted by Crippen LogP contribution is 2.49. The molecule has 0 radical (unpaired) electrons. The van der Waals surface area contributed by atoms with Gasteiger partial charge < -0.3 is 5.11 Å². The fraction of sp³-hybridized carbons (Fsp3) is 0.357. The highest BCUT2D eigenvalue weighted by Gasteiger charge is 2.37. The van der Waals surface area contributed by atoms with Crippen molar-refractivity contribution in [1.82, 2.24) is 0 Å². The van der Waals surface area contributed by atoms with Crippen LogP contribution in [0.5, 0.6) is 0 Å². The fourth-order valence-corrected chi connectivity index (χ4v) is 3.15. The molecule has 3 atom stereocenters. The number of benzene rings is 1. The van der Waals surface area contributed by atoms with E-state index in [0.717, 1.165) is 12.0 Å². The number of rotatable bonds is 2. The van der Waals surface area contributed by atoms with E-state index in [1.807, 2.05) is 12.1 Å². The second-order valence-corrected chi connectivity index (χ2v) is 4.78. The first-order valence-corrected chi connectivity index (χ1v) is 5.76. The molecule has 82 valence electrons. The van der Waals surface area contributed by atoms with Crippen molar-refractivity contribution in [2.75, 3.05) is 0 Å². The first-order chi connectivity index (χ1) is 7.75. The van der Waals surface area contributed by atoms with Gasteiger partial charge in [-0.1, -0.05) is 30.4 Å². The molecule has 2 aliphatic carbocycles. The molecule has 3 unspecified atom stereocenters. The first kappa shape index (κ1) is 9.64. The molecule has 0 aromatic heterocycles. The normalized spacial score (nSPS) is 30.9. The van der Waals surface area contributed by atoms with E-state index in [-0.39, 0.29) is 0 Å². The van der Waals surface area contributed by atoms with Crippen LogP contribution in [-0.2, 0) is 0 Å².